The van der Waals surface area contributed by atoms with E-state index in [0.29, 0.717) is 21.3 Å². The summed E-state index contributed by atoms with van der Waals surface area (Å²) in [5.74, 6) is -0.896. The molecule has 8 heteroatoms. The van der Waals surface area contributed by atoms with Crippen LogP contribution in [0.5, 0.6) is 0 Å². The molecular formula is C18H17N3O3S2. The van der Waals surface area contributed by atoms with Gasteiger partial charge >= 0.3 is 5.97 Å². The number of rotatable bonds is 6. The minimum atomic E-state index is -0.555. The van der Waals surface area contributed by atoms with Gasteiger partial charge in [-0.15, -0.1) is 22.7 Å². The van der Waals surface area contributed by atoms with Crippen LogP contribution in [0.1, 0.15) is 33.2 Å². The van der Waals surface area contributed by atoms with Gasteiger partial charge in [-0.1, -0.05) is 12.1 Å². The van der Waals surface area contributed by atoms with Crippen molar-refractivity contribution in [1.29, 1.82) is 0 Å². The van der Waals surface area contributed by atoms with E-state index >= 15 is 0 Å². The second-order valence-electron chi connectivity index (χ2n) is 5.53. The van der Waals surface area contributed by atoms with Gasteiger partial charge in [0.25, 0.3) is 5.91 Å². The molecule has 0 bridgehead atoms. The summed E-state index contributed by atoms with van der Waals surface area (Å²) in [5, 5.41) is 5.40. The van der Waals surface area contributed by atoms with E-state index in [0.717, 1.165) is 4.88 Å². The van der Waals surface area contributed by atoms with Crippen LogP contribution in [0.3, 0.4) is 0 Å². The van der Waals surface area contributed by atoms with Crippen LogP contribution in [-0.4, -0.2) is 28.5 Å². The van der Waals surface area contributed by atoms with Crippen molar-refractivity contribution >= 4 is 34.6 Å². The fourth-order valence-electron chi connectivity index (χ4n) is 2.27. The van der Waals surface area contributed by atoms with E-state index in [1.54, 1.807) is 24.5 Å². The summed E-state index contributed by atoms with van der Waals surface area (Å²) in [5.41, 5.74) is 1.26. The minimum absolute atomic E-state index is 0.123. The first-order valence-electron chi connectivity index (χ1n) is 7.93. The molecule has 1 atom stereocenters. The Kier molecular flexibility index (Phi) is 5.75. The van der Waals surface area contributed by atoms with E-state index in [-0.39, 0.29) is 18.6 Å². The maximum absolute atomic E-state index is 12.3. The second kappa shape index (κ2) is 8.20. The SMILES string of the molecule is Cc1nc(-c2ccccn2)sc1C(=O)OCC(=O)N[C@H](C)c1cccs1. The van der Waals surface area contributed by atoms with E-state index < -0.39 is 5.97 Å². The lowest BCUT2D eigenvalue weighted by atomic mass is 10.3. The first kappa shape index (κ1) is 18.2. The van der Waals surface area contributed by atoms with Gasteiger partial charge in [-0.05, 0) is 37.4 Å². The number of nitrogens with zero attached hydrogens (tertiary/aromatic N) is 2. The third-order valence-electron chi connectivity index (χ3n) is 3.55. The summed E-state index contributed by atoms with van der Waals surface area (Å²) in [6, 6.07) is 9.25. The first-order chi connectivity index (χ1) is 12.5. The third kappa shape index (κ3) is 4.33. The van der Waals surface area contributed by atoms with E-state index in [1.807, 2.05) is 42.6 Å². The van der Waals surface area contributed by atoms with Gasteiger partial charge in [0.15, 0.2) is 6.61 Å². The number of esters is 1. The highest BCUT2D eigenvalue weighted by Crippen LogP contribution is 2.26. The Morgan fingerprint density at radius 3 is 2.81 bits per heavy atom. The van der Waals surface area contributed by atoms with Crippen molar-refractivity contribution in [3.8, 4) is 10.7 Å². The smallest absolute Gasteiger partial charge is 0.350 e. The Hall–Kier alpha value is -2.58. The number of hydrogen-bond donors (Lipinski definition) is 1. The van der Waals surface area contributed by atoms with Gasteiger partial charge < -0.3 is 10.1 Å². The van der Waals surface area contributed by atoms with E-state index in [1.165, 1.54) is 11.3 Å². The van der Waals surface area contributed by atoms with Gasteiger partial charge in [0.2, 0.25) is 0 Å². The molecule has 1 N–H and O–H groups in total. The van der Waals surface area contributed by atoms with Crippen LogP contribution in [-0.2, 0) is 9.53 Å². The minimum Gasteiger partial charge on any atom is -0.451 e. The van der Waals surface area contributed by atoms with E-state index in [2.05, 4.69) is 15.3 Å². The maximum atomic E-state index is 12.3. The lowest BCUT2D eigenvalue weighted by Crippen LogP contribution is -2.30. The average molecular weight is 387 g/mol. The fraction of sp³-hybridized carbons (Fsp3) is 0.222. The van der Waals surface area contributed by atoms with Gasteiger partial charge in [0.05, 0.1) is 17.4 Å². The van der Waals surface area contributed by atoms with Crippen molar-refractivity contribution in [3.05, 3.63) is 57.4 Å². The highest BCUT2D eigenvalue weighted by atomic mass is 32.1. The van der Waals surface area contributed by atoms with Crippen LogP contribution in [0.15, 0.2) is 41.9 Å². The highest BCUT2D eigenvalue weighted by molar-refractivity contribution is 7.17. The zero-order valence-electron chi connectivity index (χ0n) is 14.3. The summed E-state index contributed by atoms with van der Waals surface area (Å²) in [6.45, 7) is 3.29. The van der Waals surface area contributed by atoms with Gasteiger partial charge in [0.1, 0.15) is 9.88 Å². The molecule has 0 radical (unpaired) electrons. The van der Waals surface area contributed by atoms with Crippen LogP contribution in [0.2, 0.25) is 0 Å². The van der Waals surface area contributed by atoms with Crippen LogP contribution in [0.4, 0.5) is 0 Å². The molecule has 0 spiro atoms. The van der Waals surface area contributed by atoms with Gasteiger partial charge in [-0.25, -0.2) is 9.78 Å². The van der Waals surface area contributed by atoms with Crippen molar-refractivity contribution in [1.82, 2.24) is 15.3 Å². The number of pyridine rings is 1. The summed E-state index contributed by atoms with van der Waals surface area (Å²) in [4.78, 5) is 34.3. The van der Waals surface area contributed by atoms with Crippen molar-refractivity contribution in [3.63, 3.8) is 0 Å². The molecule has 1 amide bonds. The van der Waals surface area contributed by atoms with Crippen molar-refractivity contribution < 1.29 is 14.3 Å². The summed E-state index contributed by atoms with van der Waals surface area (Å²) in [6.07, 6.45) is 1.67. The molecule has 0 unspecified atom stereocenters. The van der Waals surface area contributed by atoms with Gasteiger partial charge in [0, 0.05) is 11.1 Å². The molecule has 0 aliphatic heterocycles. The van der Waals surface area contributed by atoms with Crippen LogP contribution in [0, 0.1) is 6.92 Å². The Morgan fingerprint density at radius 1 is 1.27 bits per heavy atom. The quantitative estimate of drug-likeness (QED) is 0.654. The lowest BCUT2D eigenvalue weighted by Gasteiger charge is -2.12. The number of nitrogens with one attached hydrogen (secondary N) is 1. The van der Waals surface area contributed by atoms with E-state index in [9.17, 15) is 9.59 Å². The molecule has 3 aromatic heterocycles. The standard InChI is InChI=1S/C18H17N3O3S2/c1-11(14-7-5-9-25-14)20-15(22)10-24-18(23)16-12(2)21-17(26-16)13-6-3-4-8-19-13/h3-9,11H,10H2,1-2H3,(H,20,22)/t11-/m1/s1. The van der Waals surface area contributed by atoms with Gasteiger partial charge in [-0.2, -0.15) is 0 Å². The molecule has 26 heavy (non-hydrogen) atoms. The Labute approximate surface area is 158 Å². The number of ether oxygens (including phenoxy) is 1. The third-order valence-corrected chi connectivity index (χ3v) is 5.76. The molecule has 0 saturated heterocycles. The second-order valence-corrected chi connectivity index (χ2v) is 7.51. The number of amides is 1. The number of carbonyl (C=O) groups is 2. The zero-order valence-corrected chi connectivity index (χ0v) is 15.9. The number of thiophene rings is 1. The fourth-order valence-corrected chi connectivity index (χ4v) is 3.94. The summed E-state index contributed by atoms with van der Waals surface area (Å²) in [7, 11) is 0. The molecule has 0 saturated carbocycles. The zero-order chi connectivity index (χ0) is 18.5. The highest BCUT2D eigenvalue weighted by Gasteiger charge is 2.19. The monoisotopic (exact) mass is 387 g/mol. The normalized spacial score (nSPS) is 11.8. The Balaban J connectivity index is 1.58. The lowest BCUT2D eigenvalue weighted by molar-refractivity contribution is -0.124. The Bertz CT molecular complexity index is 892. The van der Waals surface area contributed by atoms with Gasteiger partial charge in [-0.3, -0.25) is 9.78 Å². The average Bonchev–Trinajstić information content (AvgIpc) is 3.30. The molecule has 3 aromatic rings. The molecule has 6 nitrogen and oxygen atoms in total. The van der Waals surface area contributed by atoms with Crippen molar-refractivity contribution in [2.24, 2.45) is 0 Å². The number of aryl methyl sites for hydroxylation is 1. The molecule has 0 aromatic carbocycles. The number of hydrogen-bond acceptors (Lipinski definition) is 7. The van der Waals surface area contributed by atoms with Crippen LogP contribution in [0.25, 0.3) is 10.7 Å². The maximum Gasteiger partial charge on any atom is 0.350 e. The summed E-state index contributed by atoms with van der Waals surface area (Å²) < 4.78 is 5.14. The number of carbonyl (C=O) groups excluding carboxylic acids is 2. The predicted molar refractivity (Wildman–Crippen MR) is 101 cm³/mol. The van der Waals surface area contributed by atoms with Crippen LogP contribution >= 0.6 is 22.7 Å². The van der Waals surface area contributed by atoms with Crippen LogP contribution < -0.4 is 5.32 Å². The molecule has 3 heterocycles. The topological polar surface area (TPSA) is 81.2 Å². The molecular weight excluding hydrogens is 370 g/mol. The Morgan fingerprint density at radius 2 is 2.12 bits per heavy atom. The van der Waals surface area contributed by atoms with E-state index in [4.69, 9.17) is 4.74 Å². The first-order valence-corrected chi connectivity index (χ1v) is 9.63. The molecule has 3 rings (SSSR count). The molecule has 134 valence electrons. The van der Waals surface area contributed by atoms with Crippen molar-refractivity contribution in [2.75, 3.05) is 6.61 Å². The summed E-state index contributed by atoms with van der Waals surface area (Å²) >= 11 is 2.77. The largest absolute Gasteiger partial charge is 0.451 e. The van der Waals surface area contributed by atoms with Crippen molar-refractivity contribution in [2.45, 2.75) is 19.9 Å². The molecule has 0 aliphatic carbocycles. The number of thiazole rings is 1. The predicted octanol–water partition coefficient (Wildman–Crippen LogP) is 3.61. The molecule has 0 aliphatic rings. The molecule has 0 fully saturated rings. The number of aromatic nitrogens is 2.